The van der Waals surface area contributed by atoms with Crippen LogP contribution in [0.25, 0.3) is 5.52 Å². The highest BCUT2D eigenvalue weighted by atomic mass is 35.5. The van der Waals surface area contributed by atoms with Gasteiger partial charge in [-0.15, -0.1) is 11.6 Å². The van der Waals surface area contributed by atoms with Crippen molar-refractivity contribution in [2.45, 2.75) is 25.3 Å². The summed E-state index contributed by atoms with van der Waals surface area (Å²) < 4.78 is 1.71. The highest BCUT2D eigenvalue weighted by Crippen LogP contribution is 2.25. The maximum absolute atomic E-state index is 12.0. The summed E-state index contributed by atoms with van der Waals surface area (Å²) in [6, 6.07) is 3.87. The number of nitrogens with zero attached hydrogens (tertiary/aromatic N) is 2. The Morgan fingerprint density at radius 1 is 1.56 bits per heavy atom. The van der Waals surface area contributed by atoms with Crippen molar-refractivity contribution in [1.82, 2.24) is 19.9 Å². The minimum atomic E-state index is -0.0895. The Balaban J connectivity index is 2.12. The number of aryl methyl sites for hydroxylation is 1. The first kappa shape index (κ1) is 11.7. The zero-order valence-corrected chi connectivity index (χ0v) is 10.9. The third-order valence-corrected chi connectivity index (χ3v) is 3.92. The molecule has 2 aromatic heterocycles. The molecule has 3 heterocycles. The van der Waals surface area contributed by atoms with E-state index in [1.54, 1.807) is 10.6 Å². The number of alkyl halides is 1. The van der Waals surface area contributed by atoms with Gasteiger partial charge in [0.15, 0.2) is 0 Å². The molecule has 1 aliphatic heterocycles. The maximum atomic E-state index is 12.0. The van der Waals surface area contributed by atoms with Crippen molar-refractivity contribution in [2.24, 2.45) is 0 Å². The Labute approximate surface area is 109 Å². The van der Waals surface area contributed by atoms with Crippen LogP contribution in [0.1, 0.15) is 23.9 Å². The number of fused-ring (bicyclic) bond motifs is 1. The molecule has 0 amide bonds. The summed E-state index contributed by atoms with van der Waals surface area (Å²) in [6.45, 7) is 2.85. The number of halogens is 1. The SMILES string of the molecule is Cc1ccc2c(=O)[nH]c(C3CCNC3CCl)nn12. The molecule has 5 nitrogen and oxygen atoms in total. The quantitative estimate of drug-likeness (QED) is 0.798. The first-order valence-electron chi connectivity index (χ1n) is 6.08. The zero-order chi connectivity index (χ0) is 12.7. The fourth-order valence-corrected chi connectivity index (χ4v) is 2.90. The van der Waals surface area contributed by atoms with Gasteiger partial charge in [-0.2, -0.15) is 5.10 Å². The minimum absolute atomic E-state index is 0.0895. The molecule has 2 aromatic rings. The highest BCUT2D eigenvalue weighted by Gasteiger charge is 2.30. The van der Waals surface area contributed by atoms with Crippen molar-refractivity contribution in [3.05, 3.63) is 34.0 Å². The van der Waals surface area contributed by atoms with Crippen LogP contribution in [-0.4, -0.2) is 33.1 Å². The second kappa shape index (κ2) is 4.40. The van der Waals surface area contributed by atoms with Gasteiger partial charge in [0.2, 0.25) is 0 Å². The molecule has 0 saturated carbocycles. The third-order valence-electron chi connectivity index (χ3n) is 3.59. The molecule has 0 aromatic carbocycles. The number of nitrogens with one attached hydrogen (secondary N) is 2. The monoisotopic (exact) mass is 266 g/mol. The maximum Gasteiger partial charge on any atom is 0.275 e. The summed E-state index contributed by atoms with van der Waals surface area (Å²) >= 11 is 5.93. The second-order valence-corrected chi connectivity index (χ2v) is 5.03. The molecule has 0 bridgehead atoms. The lowest BCUT2D eigenvalue weighted by Gasteiger charge is -2.16. The van der Waals surface area contributed by atoms with Crippen molar-refractivity contribution in [2.75, 3.05) is 12.4 Å². The van der Waals surface area contributed by atoms with Gasteiger partial charge in [-0.25, -0.2) is 4.52 Å². The molecule has 1 saturated heterocycles. The summed E-state index contributed by atoms with van der Waals surface area (Å²) in [5.41, 5.74) is 1.46. The minimum Gasteiger partial charge on any atom is -0.312 e. The predicted molar refractivity (Wildman–Crippen MR) is 70.4 cm³/mol. The van der Waals surface area contributed by atoms with Gasteiger partial charge >= 0.3 is 0 Å². The number of H-pyrrole nitrogens is 1. The van der Waals surface area contributed by atoms with Crippen molar-refractivity contribution in [1.29, 1.82) is 0 Å². The number of aromatic nitrogens is 3. The average molecular weight is 267 g/mol. The molecule has 6 heteroatoms. The first-order chi connectivity index (χ1) is 8.70. The number of rotatable bonds is 2. The molecule has 2 N–H and O–H groups in total. The van der Waals surface area contributed by atoms with Crippen LogP contribution >= 0.6 is 11.6 Å². The molecule has 0 spiro atoms. The molecule has 2 atom stereocenters. The van der Waals surface area contributed by atoms with Crippen molar-refractivity contribution in [3.63, 3.8) is 0 Å². The Morgan fingerprint density at radius 2 is 2.39 bits per heavy atom. The van der Waals surface area contributed by atoms with E-state index in [9.17, 15) is 4.79 Å². The van der Waals surface area contributed by atoms with E-state index >= 15 is 0 Å². The van der Waals surface area contributed by atoms with E-state index in [0.717, 1.165) is 24.5 Å². The summed E-state index contributed by atoms with van der Waals surface area (Å²) in [6.07, 6.45) is 0.951. The first-order valence-corrected chi connectivity index (χ1v) is 6.62. The Hall–Kier alpha value is -1.33. The van der Waals surface area contributed by atoms with Crippen molar-refractivity contribution >= 4 is 17.1 Å². The van der Waals surface area contributed by atoms with Crippen LogP contribution in [0.3, 0.4) is 0 Å². The lowest BCUT2D eigenvalue weighted by Crippen LogP contribution is -2.30. The van der Waals surface area contributed by atoms with Crippen LogP contribution in [0.2, 0.25) is 0 Å². The van der Waals surface area contributed by atoms with Crippen LogP contribution in [0.4, 0.5) is 0 Å². The Morgan fingerprint density at radius 3 is 3.17 bits per heavy atom. The summed E-state index contributed by atoms with van der Waals surface area (Å²) in [4.78, 5) is 14.9. The summed E-state index contributed by atoms with van der Waals surface area (Å²) in [5.74, 6) is 1.43. The van der Waals surface area contributed by atoms with E-state index in [2.05, 4.69) is 15.4 Å². The molecule has 0 radical (unpaired) electrons. The lowest BCUT2D eigenvalue weighted by molar-refractivity contribution is 0.557. The van der Waals surface area contributed by atoms with Gasteiger partial charge in [-0.3, -0.25) is 4.79 Å². The molecular weight excluding hydrogens is 252 g/mol. The van der Waals surface area contributed by atoms with Crippen LogP contribution < -0.4 is 10.9 Å². The fourth-order valence-electron chi connectivity index (χ4n) is 2.57. The predicted octanol–water partition coefficient (Wildman–Crippen LogP) is 1.02. The van der Waals surface area contributed by atoms with Gasteiger partial charge in [0, 0.05) is 23.5 Å². The fraction of sp³-hybridized carbons (Fsp3) is 0.500. The highest BCUT2D eigenvalue weighted by molar-refractivity contribution is 6.18. The third kappa shape index (κ3) is 1.74. The van der Waals surface area contributed by atoms with Crippen LogP contribution in [-0.2, 0) is 0 Å². The topological polar surface area (TPSA) is 62.2 Å². The number of hydrogen-bond acceptors (Lipinski definition) is 3. The van der Waals surface area contributed by atoms with E-state index in [1.807, 2.05) is 13.0 Å². The van der Waals surface area contributed by atoms with Crippen molar-refractivity contribution < 1.29 is 0 Å². The van der Waals surface area contributed by atoms with Gasteiger partial charge in [0.05, 0.1) is 0 Å². The van der Waals surface area contributed by atoms with E-state index in [4.69, 9.17) is 11.6 Å². The standard InChI is InChI=1S/C12H15ClN4O/c1-7-2-3-10-12(18)15-11(16-17(7)10)8-4-5-14-9(8)6-13/h2-3,8-9,14H,4-6H2,1H3,(H,15,16,18). The molecule has 1 fully saturated rings. The zero-order valence-electron chi connectivity index (χ0n) is 10.1. The Bertz CT molecular complexity index is 633. The van der Waals surface area contributed by atoms with Gasteiger partial charge in [0.1, 0.15) is 11.3 Å². The van der Waals surface area contributed by atoms with Crippen LogP contribution in [0.15, 0.2) is 16.9 Å². The molecule has 1 aliphatic rings. The molecule has 2 unspecified atom stereocenters. The molecule has 18 heavy (non-hydrogen) atoms. The largest absolute Gasteiger partial charge is 0.312 e. The molecule has 0 aliphatic carbocycles. The van der Waals surface area contributed by atoms with Crippen LogP contribution in [0.5, 0.6) is 0 Å². The molecule has 96 valence electrons. The van der Waals surface area contributed by atoms with Gasteiger partial charge in [-0.1, -0.05) is 0 Å². The molecular formula is C12H15ClN4O. The van der Waals surface area contributed by atoms with Gasteiger partial charge in [0.25, 0.3) is 5.56 Å². The average Bonchev–Trinajstić information content (AvgIpc) is 2.96. The lowest BCUT2D eigenvalue weighted by atomic mass is 10.0. The molecule has 3 rings (SSSR count). The summed E-state index contributed by atoms with van der Waals surface area (Å²) in [5, 5.41) is 7.87. The smallest absolute Gasteiger partial charge is 0.275 e. The van der Waals surface area contributed by atoms with Gasteiger partial charge in [-0.05, 0) is 32.0 Å². The summed E-state index contributed by atoms with van der Waals surface area (Å²) in [7, 11) is 0. The van der Waals surface area contributed by atoms with Gasteiger partial charge < -0.3 is 10.3 Å². The number of aromatic amines is 1. The van der Waals surface area contributed by atoms with E-state index in [-0.39, 0.29) is 17.5 Å². The van der Waals surface area contributed by atoms with E-state index in [1.165, 1.54) is 0 Å². The second-order valence-electron chi connectivity index (χ2n) is 4.72. The number of hydrogen-bond donors (Lipinski definition) is 2. The Kier molecular flexibility index (Phi) is 2.87. The van der Waals surface area contributed by atoms with E-state index in [0.29, 0.717) is 11.4 Å². The normalized spacial score (nSPS) is 23.9. The van der Waals surface area contributed by atoms with E-state index < -0.39 is 0 Å². The van der Waals surface area contributed by atoms with Crippen LogP contribution in [0, 0.1) is 6.92 Å². The van der Waals surface area contributed by atoms with Crippen molar-refractivity contribution in [3.8, 4) is 0 Å².